The van der Waals surface area contributed by atoms with E-state index in [1.165, 1.54) is 11.8 Å². The molecule has 0 aromatic carbocycles. The molecule has 2 aromatic heterocycles. The van der Waals surface area contributed by atoms with Crippen molar-refractivity contribution < 1.29 is 9.21 Å². The number of carbonyl (C=O) groups is 1. The lowest BCUT2D eigenvalue weighted by atomic mass is 10.4. The fraction of sp³-hybridized carbons (Fsp3) is 0.471. The number of amides is 1. The van der Waals surface area contributed by atoms with Gasteiger partial charge in [0.15, 0.2) is 5.16 Å². The highest BCUT2D eigenvalue weighted by molar-refractivity contribution is 8.00. The van der Waals surface area contributed by atoms with E-state index in [4.69, 9.17) is 4.42 Å². The quantitative estimate of drug-likeness (QED) is 0.574. The van der Waals surface area contributed by atoms with Gasteiger partial charge < -0.3 is 14.6 Å². The van der Waals surface area contributed by atoms with Crippen LogP contribution in [0.15, 0.2) is 40.6 Å². The molecule has 0 aliphatic carbocycles. The Labute approximate surface area is 151 Å². The number of carbonyl (C=O) groups excluding carboxylic acids is 1. The SMILES string of the molecule is C=CCNC(=O)C(C)Sc1nnc(N2CCCC2)n1Cc1ccco1. The normalized spacial score (nSPS) is 15.3. The highest BCUT2D eigenvalue weighted by Gasteiger charge is 2.24. The summed E-state index contributed by atoms with van der Waals surface area (Å²) in [6, 6.07) is 3.80. The Bertz CT molecular complexity index is 707. The lowest BCUT2D eigenvalue weighted by Gasteiger charge is -2.18. The van der Waals surface area contributed by atoms with Gasteiger partial charge in [0.2, 0.25) is 11.9 Å². The maximum absolute atomic E-state index is 12.1. The summed E-state index contributed by atoms with van der Waals surface area (Å²) < 4.78 is 7.52. The van der Waals surface area contributed by atoms with Crippen LogP contribution in [0.5, 0.6) is 0 Å². The summed E-state index contributed by atoms with van der Waals surface area (Å²) in [6.07, 6.45) is 5.65. The molecule has 1 saturated heterocycles. The van der Waals surface area contributed by atoms with E-state index in [0.29, 0.717) is 13.1 Å². The highest BCUT2D eigenvalue weighted by atomic mass is 32.2. The zero-order valence-corrected chi connectivity index (χ0v) is 15.2. The van der Waals surface area contributed by atoms with E-state index < -0.39 is 0 Å². The maximum Gasteiger partial charge on any atom is 0.233 e. The van der Waals surface area contributed by atoms with Crippen molar-refractivity contribution in [3.05, 3.63) is 36.8 Å². The summed E-state index contributed by atoms with van der Waals surface area (Å²) in [5.74, 6) is 1.64. The largest absolute Gasteiger partial charge is 0.467 e. The lowest BCUT2D eigenvalue weighted by molar-refractivity contribution is -0.120. The summed E-state index contributed by atoms with van der Waals surface area (Å²) in [7, 11) is 0. The van der Waals surface area contributed by atoms with Crippen LogP contribution in [0, 0.1) is 0 Å². The number of hydrogen-bond donors (Lipinski definition) is 1. The highest BCUT2D eigenvalue weighted by Crippen LogP contribution is 2.28. The molecule has 1 N–H and O–H groups in total. The summed E-state index contributed by atoms with van der Waals surface area (Å²) in [6.45, 7) is 8.46. The first-order valence-electron chi connectivity index (χ1n) is 8.45. The molecule has 25 heavy (non-hydrogen) atoms. The van der Waals surface area contributed by atoms with Crippen molar-refractivity contribution in [1.82, 2.24) is 20.1 Å². The number of aromatic nitrogens is 3. The van der Waals surface area contributed by atoms with E-state index in [1.54, 1.807) is 12.3 Å². The molecular formula is C17H23N5O2S. The Morgan fingerprint density at radius 1 is 1.48 bits per heavy atom. The van der Waals surface area contributed by atoms with Gasteiger partial charge in [-0.3, -0.25) is 9.36 Å². The Kier molecular flexibility index (Phi) is 5.80. The number of anilines is 1. The number of rotatable bonds is 8. The fourth-order valence-electron chi connectivity index (χ4n) is 2.74. The van der Waals surface area contributed by atoms with Gasteiger partial charge in [0, 0.05) is 19.6 Å². The molecule has 3 heterocycles. The molecule has 1 unspecified atom stereocenters. The third kappa shape index (κ3) is 4.25. The predicted molar refractivity (Wildman–Crippen MR) is 97.8 cm³/mol. The fourth-order valence-corrected chi connectivity index (χ4v) is 3.61. The van der Waals surface area contributed by atoms with Gasteiger partial charge in [0.1, 0.15) is 5.76 Å². The van der Waals surface area contributed by atoms with Crippen molar-refractivity contribution in [2.24, 2.45) is 0 Å². The molecule has 0 radical (unpaired) electrons. The summed E-state index contributed by atoms with van der Waals surface area (Å²) >= 11 is 1.40. The van der Waals surface area contributed by atoms with Crippen LogP contribution in [0.25, 0.3) is 0 Å². The van der Waals surface area contributed by atoms with Gasteiger partial charge in [-0.15, -0.1) is 16.8 Å². The Balaban J connectivity index is 1.80. The molecular weight excluding hydrogens is 338 g/mol. The minimum absolute atomic E-state index is 0.0415. The van der Waals surface area contributed by atoms with Crippen molar-refractivity contribution in [2.75, 3.05) is 24.5 Å². The molecule has 1 aliphatic heterocycles. The van der Waals surface area contributed by atoms with Crippen molar-refractivity contribution in [2.45, 2.75) is 36.7 Å². The smallest absolute Gasteiger partial charge is 0.233 e. The van der Waals surface area contributed by atoms with Crippen molar-refractivity contribution in [3.63, 3.8) is 0 Å². The molecule has 1 atom stereocenters. The van der Waals surface area contributed by atoms with Crippen LogP contribution in [-0.2, 0) is 11.3 Å². The van der Waals surface area contributed by atoms with E-state index in [-0.39, 0.29) is 11.2 Å². The van der Waals surface area contributed by atoms with E-state index in [2.05, 4.69) is 27.0 Å². The monoisotopic (exact) mass is 361 g/mol. The molecule has 3 rings (SSSR count). The van der Waals surface area contributed by atoms with Crippen molar-refractivity contribution in [1.29, 1.82) is 0 Å². The van der Waals surface area contributed by atoms with Crippen LogP contribution < -0.4 is 10.2 Å². The van der Waals surface area contributed by atoms with Gasteiger partial charge in [0.05, 0.1) is 18.1 Å². The molecule has 7 nitrogen and oxygen atoms in total. The van der Waals surface area contributed by atoms with E-state index in [0.717, 1.165) is 42.8 Å². The topological polar surface area (TPSA) is 76.2 Å². The van der Waals surface area contributed by atoms with Crippen LogP contribution in [0.3, 0.4) is 0 Å². The van der Waals surface area contributed by atoms with Crippen LogP contribution in [0.4, 0.5) is 5.95 Å². The molecule has 0 spiro atoms. The number of thioether (sulfide) groups is 1. The Morgan fingerprint density at radius 3 is 2.96 bits per heavy atom. The second-order valence-corrected chi connectivity index (χ2v) is 7.24. The van der Waals surface area contributed by atoms with E-state index in [9.17, 15) is 4.79 Å². The number of hydrogen-bond acceptors (Lipinski definition) is 6. The van der Waals surface area contributed by atoms with E-state index in [1.807, 2.05) is 23.6 Å². The van der Waals surface area contributed by atoms with E-state index >= 15 is 0 Å². The standard InChI is InChI=1S/C17H23N5O2S/c1-3-8-18-15(23)13(2)25-17-20-19-16(21-9-4-5-10-21)22(17)12-14-7-6-11-24-14/h3,6-7,11,13H,1,4-5,8-10,12H2,2H3,(H,18,23). The molecule has 2 aromatic rings. The zero-order valence-electron chi connectivity index (χ0n) is 14.4. The second kappa shape index (κ2) is 8.24. The van der Waals surface area contributed by atoms with Gasteiger partial charge >= 0.3 is 0 Å². The number of nitrogens with zero attached hydrogens (tertiary/aromatic N) is 4. The lowest BCUT2D eigenvalue weighted by Crippen LogP contribution is -2.31. The van der Waals surface area contributed by atoms with Crippen LogP contribution >= 0.6 is 11.8 Å². The molecule has 0 bridgehead atoms. The number of furan rings is 1. The first kappa shape index (κ1) is 17.6. The zero-order chi connectivity index (χ0) is 17.6. The molecule has 8 heteroatoms. The number of nitrogens with one attached hydrogen (secondary N) is 1. The first-order chi connectivity index (χ1) is 12.2. The van der Waals surface area contributed by atoms with Crippen molar-refractivity contribution >= 4 is 23.6 Å². The predicted octanol–water partition coefficient (Wildman–Crippen LogP) is 2.30. The molecule has 1 fully saturated rings. The third-order valence-electron chi connectivity index (χ3n) is 4.05. The van der Waals surface area contributed by atoms with Gasteiger partial charge in [0.25, 0.3) is 0 Å². The molecule has 134 valence electrons. The van der Waals surface area contributed by atoms with Crippen LogP contribution in [0.1, 0.15) is 25.5 Å². The molecule has 1 aliphatic rings. The van der Waals surface area contributed by atoms with Crippen LogP contribution in [-0.4, -0.2) is 45.6 Å². The summed E-state index contributed by atoms with van der Waals surface area (Å²) in [5.41, 5.74) is 0. The third-order valence-corrected chi connectivity index (χ3v) is 5.13. The summed E-state index contributed by atoms with van der Waals surface area (Å²) in [4.78, 5) is 14.4. The van der Waals surface area contributed by atoms with Gasteiger partial charge in [-0.25, -0.2) is 0 Å². The second-order valence-electron chi connectivity index (χ2n) is 5.94. The average Bonchev–Trinajstić information content (AvgIpc) is 3.35. The molecule has 0 saturated carbocycles. The van der Waals surface area contributed by atoms with Crippen LogP contribution in [0.2, 0.25) is 0 Å². The Hall–Kier alpha value is -2.22. The van der Waals surface area contributed by atoms with Gasteiger partial charge in [-0.1, -0.05) is 17.8 Å². The van der Waals surface area contributed by atoms with Gasteiger partial charge in [-0.05, 0) is 31.9 Å². The Morgan fingerprint density at radius 2 is 2.28 bits per heavy atom. The molecule has 1 amide bonds. The minimum atomic E-state index is -0.272. The van der Waals surface area contributed by atoms with Crippen molar-refractivity contribution in [3.8, 4) is 0 Å². The minimum Gasteiger partial charge on any atom is -0.467 e. The first-order valence-corrected chi connectivity index (χ1v) is 9.33. The van der Waals surface area contributed by atoms with Gasteiger partial charge in [-0.2, -0.15) is 0 Å². The average molecular weight is 361 g/mol. The summed E-state index contributed by atoms with van der Waals surface area (Å²) in [5, 5.41) is 12.0. The maximum atomic E-state index is 12.1.